The second-order valence-corrected chi connectivity index (χ2v) is 5.57. The summed E-state index contributed by atoms with van der Waals surface area (Å²) in [6.07, 6.45) is 2.04. The van der Waals surface area contributed by atoms with Gasteiger partial charge in [0.1, 0.15) is 11.3 Å². The molecule has 0 spiro atoms. The van der Waals surface area contributed by atoms with Crippen molar-refractivity contribution in [2.75, 3.05) is 13.1 Å². The Morgan fingerprint density at radius 1 is 1.39 bits per heavy atom. The molecule has 0 aromatic heterocycles. The topological polar surface area (TPSA) is 80.5 Å². The third kappa shape index (κ3) is 2.37. The van der Waals surface area contributed by atoms with Crippen LogP contribution < -0.4 is 0 Å². The van der Waals surface area contributed by atoms with Crippen LogP contribution in [-0.4, -0.2) is 40.1 Å². The van der Waals surface area contributed by atoms with Gasteiger partial charge in [0.25, 0.3) is 0 Å². The molecule has 2 aliphatic rings. The first kappa shape index (κ1) is 13.0. The molecule has 1 aliphatic carbocycles. The number of Topliss-reactive ketones (excluding diaryl/α,β-unsaturated/α-hetero) is 1. The summed E-state index contributed by atoms with van der Waals surface area (Å²) in [6.45, 7) is 2.32. The minimum atomic E-state index is -0.723. The first-order valence-electron chi connectivity index (χ1n) is 6.37. The number of carbonyl (C=O) groups is 2. The maximum absolute atomic E-state index is 12.0. The molecule has 6 nitrogen and oxygen atoms in total. The van der Waals surface area contributed by atoms with Gasteiger partial charge in [-0.1, -0.05) is 6.92 Å². The third-order valence-corrected chi connectivity index (χ3v) is 4.05. The van der Waals surface area contributed by atoms with Crippen molar-refractivity contribution in [1.29, 1.82) is 0 Å². The molecule has 1 unspecified atom stereocenters. The van der Waals surface area contributed by atoms with Gasteiger partial charge >= 0.3 is 0 Å². The lowest BCUT2D eigenvalue weighted by atomic mass is 9.79. The maximum Gasteiger partial charge on any atom is 0.226 e. The van der Waals surface area contributed by atoms with E-state index >= 15 is 0 Å². The standard InChI is InChI=1S/C12H18N2O4/c1-9-6-11(16)13(7-9)12(8-14(17)18)4-2-10(15)3-5-12/h9H,2-8H2,1H3. The quantitative estimate of drug-likeness (QED) is 0.556. The monoisotopic (exact) mass is 254 g/mol. The normalized spacial score (nSPS) is 27.6. The summed E-state index contributed by atoms with van der Waals surface area (Å²) in [4.78, 5) is 35.5. The van der Waals surface area contributed by atoms with Crippen molar-refractivity contribution in [1.82, 2.24) is 4.90 Å². The van der Waals surface area contributed by atoms with Crippen molar-refractivity contribution in [3.8, 4) is 0 Å². The minimum Gasteiger partial charge on any atom is -0.330 e. The summed E-state index contributed by atoms with van der Waals surface area (Å²) in [6, 6.07) is 0. The fraction of sp³-hybridized carbons (Fsp3) is 0.833. The molecular formula is C12H18N2O4. The first-order chi connectivity index (χ1) is 8.43. The molecule has 2 rings (SSSR count). The number of rotatable bonds is 3. The fourth-order valence-electron chi connectivity index (χ4n) is 3.09. The highest BCUT2D eigenvalue weighted by Gasteiger charge is 2.48. The Balaban J connectivity index is 2.22. The molecule has 0 aromatic carbocycles. The van der Waals surface area contributed by atoms with Gasteiger partial charge in [0, 0.05) is 30.7 Å². The Hall–Kier alpha value is -1.46. The molecule has 0 N–H and O–H groups in total. The van der Waals surface area contributed by atoms with Gasteiger partial charge in [0.05, 0.1) is 0 Å². The van der Waals surface area contributed by atoms with Crippen LogP contribution in [0.4, 0.5) is 0 Å². The summed E-state index contributed by atoms with van der Waals surface area (Å²) in [7, 11) is 0. The SMILES string of the molecule is CC1CC(=O)N(C2(C[N+](=O)[O-])CCC(=O)CC2)C1. The number of carbonyl (C=O) groups excluding carboxylic acids is 2. The smallest absolute Gasteiger partial charge is 0.226 e. The van der Waals surface area contributed by atoms with E-state index in [2.05, 4.69) is 0 Å². The van der Waals surface area contributed by atoms with Gasteiger partial charge in [-0.05, 0) is 18.8 Å². The van der Waals surface area contributed by atoms with Crippen molar-refractivity contribution in [3.63, 3.8) is 0 Å². The second-order valence-electron chi connectivity index (χ2n) is 5.57. The molecule has 0 radical (unpaired) electrons. The van der Waals surface area contributed by atoms with E-state index in [1.807, 2.05) is 6.92 Å². The second kappa shape index (κ2) is 4.66. The van der Waals surface area contributed by atoms with E-state index in [1.54, 1.807) is 4.90 Å². The average Bonchev–Trinajstić information content (AvgIpc) is 2.61. The number of ketones is 1. The molecule has 2 fully saturated rings. The van der Waals surface area contributed by atoms with Gasteiger partial charge in [-0.3, -0.25) is 19.7 Å². The predicted molar refractivity (Wildman–Crippen MR) is 63.6 cm³/mol. The summed E-state index contributed by atoms with van der Waals surface area (Å²) in [5.74, 6) is 0.395. The van der Waals surface area contributed by atoms with Crippen LogP contribution in [0, 0.1) is 16.0 Å². The van der Waals surface area contributed by atoms with Gasteiger partial charge < -0.3 is 4.90 Å². The Morgan fingerprint density at radius 2 is 2.00 bits per heavy atom. The highest BCUT2D eigenvalue weighted by Crippen LogP contribution is 2.36. The van der Waals surface area contributed by atoms with E-state index in [1.165, 1.54) is 0 Å². The predicted octanol–water partition coefficient (Wildman–Crippen LogP) is 1.01. The molecule has 6 heteroatoms. The Morgan fingerprint density at radius 3 is 2.44 bits per heavy atom. The number of nitrogens with zero attached hydrogens (tertiary/aromatic N) is 2. The zero-order chi connectivity index (χ0) is 13.3. The summed E-state index contributed by atoms with van der Waals surface area (Å²) < 4.78 is 0. The summed E-state index contributed by atoms with van der Waals surface area (Å²) in [5.41, 5.74) is -0.723. The van der Waals surface area contributed by atoms with E-state index in [0.717, 1.165) is 0 Å². The van der Waals surface area contributed by atoms with Crippen LogP contribution in [0.1, 0.15) is 39.0 Å². The number of hydrogen-bond acceptors (Lipinski definition) is 4. The molecule has 0 bridgehead atoms. The van der Waals surface area contributed by atoms with Gasteiger partial charge in [-0.25, -0.2) is 0 Å². The van der Waals surface area contributed by atoms with Crippen LogP contribution in [0.2, 0.25) is 0 Å². The molecular weight excluding hydrogens is 236 g/mol. The van der Waals surface area contributed by atoms with Crippen LogP contribution in [0.5, 0.6) is 0 Å². The fourth-order valence-corrected chi connectivity index (χ4v) is 3.09. The van der Waals surface area contributed by atoms with E-state index in [4.69, 9.17) is 0 Å². The Labute approximate surface area is 105 Å². The van der Waals surface area contributed by atoms with Crippen LogP contribution in [-0.2, 0) is 9.59 Å². The maximum atomic E-state index is 12.0. The molecule has 0 aromatic rings. The molecule has 1 amide bonds. The number of amides is 1. The highest BCUT2D eigenvalue weighted by molar-refractivity contribution is 5.82. The van der Waals surface area contributed by atoms with Crippen LogP contribution >= 0.6 is 0 Å². The molecule has 1 atom stereocenters. The number of hydrogen-bond donors (Lipinski definition) is 0. The molecule has 100 valence electrons. The lowest BCUT2D eigenvalue weighted by molar-refractivity contribution is -0.495. The zero-order valence-electron chi connectivity index (χ0n) is 10.6. The van der Waals surface area contributed by atoms with Crippen molar-refractivity contribution in [2.45, 2.75) is 44.6 Å². The van der Waals surface area contributed by atoms with Crippen LogP contribution in [0.15, 0.2) is 0 Å². The molecule has 1 aliphatic heterocycles. The molecule has 1 saturated carbocycles. The summed E-state index contributed by atoms with van der Waals surface area (Å²) in [5, 5.41) is 10.9. The van der Waals surface area contributed by atoms with E-state index in [0.29, 0.717) is 38.6 Å². The average molecular weight is 254 g/mol. The molecule has 18 heavy (non-hydrogen) atoms. The van der Waals surface area contributed by atoms with Crippen molar-refractivity contribution in [2.24, 2.45) is 5.92 Å². The van der Waals surface area contributed by atoms with Crippen LogP contribution in [0.3, 0.4) is 0 Å². The van der Waals surface area contributed by atoms with Gasteiger partial charge in [0.2, 0.25) is 12.5 Å². The van der Waals surface area contributed by atoms with Crippen molar-refractivity contribution < 1.29 is 14.5 Å². The summed E-state index contributed by atoms with van der Waals surface area (Å²) >= 11 is 0. The Kier molecular flexibility index (Phi) is 3.36. The van der Waals surface area contributed by atoms with Gasteiger partial charge in [-0.15, -0.1) is 0 Å². The zero-order valence-corrected chi connectivity index (χ0v) is 10.6. The lowest BCUT2D eigenvalue weighted by Crippen LogP contribution is -2.56. The first-order valence-corrected chi connectivity index (χ1v) is 6.37. The van der Waals surface area contributed by atoms with E-state index < -0.39 is 5.54 Å². The largest absolute Gasteiger partial charge is 0.330 e. The highest BCUT2D eigenvalue weighted by atomic mass is 16.6. The van der Waals surface area contributed by atoms with E-state index in [9.17, 15) is 19.7 Å². The lowest BCUT2D eigenvalue weighted by Gasteiger charge is -2.41. The molecule has 1 heterocycles. The number of nitro groups is 1. The minimum absolute atomic E-state index is 0.00120. The van der Waals surface area contributed by atoms with Crippen LogP contribution in [0.25, 0.3) is 0 Å². The van der Waals surface area contributed by atoms with Gasteiger partial charge in [-0.2, -0.15) is 0 Å². The molecule has 1 saturated heterocycles. The van der Waals surface area contributed by atoms with E-state index in [-0.39, 0.29) is 29.1 Å². The number of likely N-dealkylation sites (tertiary alicyclic amines) is 1. The Bertz CT molecular complexity index is 384. The third-order valence-electron chi connectivity index (χ3n) is 4.05. The van der Waals surface area contributed by atoms with Gasteiger partial charge in [0.15, 0.2) is 0 Å². The van der Waals surface area contributed by atoms with Crippen molar-refractivity contribution in [3.05, 3.63) is 10.1 Å². The van der Waals surface area contributed by atoms with Crippen molar-refractivity contribution >= 4 is 11.7 Å².